The molecule has 0 aliphatic rings. The molecule has 2 aromatic rings. The van der Waals surface area contributed by atoms with Gasteiger partial charge in [-0.25, -0.2) is 9.48 Å². The smallest absolute Gasteiger partial charge is 0.335 e. The molecule has 4 nitrogen and oxygen atoms in total. The molecule has 0 saturated heterocycles. The normalized spacial score (nSPS) is 10.7. The first-order valence-electron chi connectivity index (χ1n) is 5.48. The number of hydrogen-bond acceptors (Lipinski definition) is 2. The highest BCUT2D eigenvalue weighted by Crippen LogP contribution is 2.24. The molecule has 1 aromatic heterocycles. The molecule has 1 heterocycles. The van der Waals surface area contributed by atoms with Crippen molar-refractivity contribution in [2.45, 2.75) is 20.8 Å². The van der Waals surface area contributed by atoms with Gasteiger partial charge >= 0.3 is 5.97 Å². The van der Waals surface area contributed by atoms with Crippen LogP contribution in [-0.4, -0.2) is 20.9 Å². The van der Waals surface area contributed by atoms with E-state index in [4.69, 9.17) is 16.7 Å². The van der Waals surface area contributed by atoms with Crippen LogP contribution < -0.4 is 0 Å². The van der Waals surface area contributed by atoms with Crippen molar-refractivity contribution in [1.82, 2.24) is 9.78 Å². The van der Waals surface area contributed by atoms with E-state index in [1.54, 1.807) is 22.9 Å². The number of carboxylic acids is 1. The summed E-state index contributed by atoms with van der Waals surface area (Å²) in [6.07, 6.45) is 0. The standard InChI is InChI=1S/C13H13ClN2O2/c1-7-4-5-10(13(17)18)6-11(7)16-9(3)12(14)8(2)15-16/h4-6H,1-3H3,(H,17,18). The molecule has 0 fully saturated rings. The van der Waals surface area contributed by atoms with Crippen LogP contribution >= 0.6 is 11.6 Å². The fraction of sp³-hybridized carbons (Fsp3) is 0.231. The molecule has 0 amide bonds. The quantitative estimate of drug-likeness (QED) is 0.907. The molecule has 0 aliphatic heterocycles. The Morgan fingerprint density at radius 1 is 1.33 bits per heavy atom. The fourth-order valence-corrected chi connectivity index (χ4v) is 1.95. The van der Waals surface area contributed by atoms with Gasteiger partial charge in [0.05, 0.1) is 27.7 Å². The molecule has 0 atom stereocenters. The van der Waals surface area contributed by atoms with E-state index in [0.29, 0.717) is 5.02 Å². The van der Waals surface area contributed by atoms with Gasteiger partial charge < -0.3 is 5.11 Å². The zero-order valence-corrected chi connectivity index (χ0v) is 11.1. The van der Waals surface area contributed by atoms with E-state index in [0.717, 1.165) is 22.6 Å². The maximum atomic E-state index is 11.0. The molecule has 0 spiro atoms. The first kappa shape index (κ1) is 12.6. The zero-order valence-electron chi connectivity index (χ0n) is 10.4. The molecule has 0 bridgehead atoms. The van der Waals surface area contributed by atoms with Crippen LogP contribution in [0.2, 0.25) is 5.02 Å². The molecule has 2 rings (SSSR count). The van der Waals surface area contributed by atoms with Gasteiger partial charge in [0.25, 0.3) is 0 Å². The molecule has 94 valence electrons. The molecule has 18 heavy (non-hydrogen) atoms. The number of carboxylic acid groups (broad SMARTS) is 1. The Morgan fingerprint density at radius 3 is 2.50 bits per heavy atom. The SMILES string of the molecule is Cc1ccc(C(=O)O)cc1-n1nc(C)c(Cl)c1C. The van der Waals surface area contributed by atoms with Gasteiger partial charge in [0.1, 0.15) is 0 Å². The maximum absolute atomic E-state index is 11.0. The Hall–Kier alpha value is -1.81. The van der Waals surface area contributed by atoms with E-state index in [-0.39, 0.29) is 5.56 Å². The second-order valence-corrected chi connectivity index (χ2v) is 4.58. The highest BCUT2D eigenvalue weighted by atomic mass is 35.5. The number of aromatic nitrogens is 2. The van der Waals surface area contributed by atoms with Crippen molar-refractivity contribution in [3.05, 3.63) is 45.7 Å². The lowest BCUT2D eigenvalue weighted by Crippen LogP contribution is -2.05. The first-order chi connectivity index (χ1) is 8.41. The number of carbonyl (C=O) groups is 1. The molecule has 0 unspecified atom stereocenters. The minimum absolute atomic E-state index is 0.235. The Labute approximate surface area is 110 Å². The number of aromatic carboxylic acids is 1. The molecule has 5 heteroatoms. The van der Waals surface area contributed by atoms with Gasteiger partial charge in [-0.3, -0.25) is 0 Å². The molecule has 0 radical (unpaired) electrons. The summed E-state index contributed by atoms with van der Waals surface area (Å²) in [6, 6.07) is 4.95. The van der Waals surface area contributed by atoms with Crippen molar-refractivity contribution in [1.29, 1.82) is 0 Å². The average Bonchev–Trinajstić information content (AvgIpc) is 2.57. The molecule has 0 aliphatic carbocycles. The third-order valence-electron chi connectivity index (χ3n) is 2.89. The summed E-state index contributed by atoms with van der Waals surface area (Å²) in [5.74, 6) is -0.955. The second-order valence-electron chi connectivity index (χ2n) is 4.20. The Balaban J connectivity index is 2.66. The summed E-state index contributed by atoms with van der Waals surface area (Å²) in [5.41, 5.74) is 3.46. The summed E-state index contributed by atoms with van der Waals surface area (Å²) in [7, 11) is 0. The van der Waals surface area contributed by atoms with Gasteiger partial charge in [0.15, 0.2) is 0 Å². The molecular weight excluding hydrogens is 252 g/mol. The maximum Gasteiger partial charge on any atom is 0.335 e. The van der Waals surface area contributed by atoms with Crippen molar-refractivity contribution in [3.63, 3.8) is 0 Å². The van der Waals surface area contributed by atoms with Crippen LogP contribution in [-0.2, 0) is 0 Å². The van der Waals surface area contributed by atoms with Crippen molar-refractivity contribution in [2.75, 3.05) is 0 Å². The van der Waals surface area contributed by atoms with Crippen LogP contribution in [0.1, 0.15) is 27.3 Å². The Morgan fingerprint density at radius 2 is 2.00 bits per heavy atom. The van der Waals surface area contributed by atoms with E-state index in [9.17, 15) is 4.79 Å². The lowest BCUT2D eigenvalue weighted by molar-refractivity contribution is 0.0697. The van der Waals surface area contributed by atoms with E-state index in [2.05, 4.69) is 5.10 Å². The summed E-state index contributed by atoms with van der Waals surface area (Å²) in [5, 5.41) is 14.0. The van der Waals surface area contributed by atoms with E-state index >= 15 is 0 Å². The summed E-state index contributed by atoms with van der Waals surface area (Å²) in [4.78, 5) is 11.0. The van der Waals surface area contributed by atoms with Crippen molar-refractivity contribution >= 4 is 17.6 Å². The Bertz CT molecular complexity index is 632. The highest BCUT2D eigenvalue weighted by molar-refractivity contribution is 6.31. The topological polar surface area (TPSA) is 55.1 Å². The lowest BCUT2D eigenvalue weighted by Gasteiger charge is -2.09. The number of hydrogen-bond donors (Lipinski definition) is 1. The van der Waals surface area contributed by atoms with Crippen molar-refractivity contribution in [3.8, 4) is 5.69 Å². The molecule has 1 aromatic carbocycles. The number of nitrogens with zero attached hydrogens (tertiary/aromatic N) is 2. The predicted molar refractivity (Wildman–Crippen MR) is 69.7 cm³/mol. The van der Waals surface area contributed by atoms with E-state index < -0.39 is 5.97 Å². The number of aryl methyl sites for hydroxylation is 2. The van der Waals surface area contributed by atoms with E-state index in [1.807, 2.05) is 20.8 Å². The third-order valence-corrected chi connectivity index (χ3v) is 3.43. The molecule has 1 N–H and O–H groups in total. The fourth-order valence-electron chi connectivity index (χ4n) is 1.83. The minimum Gasteiger partial charge on any atom is -0.478 e. The zero-order chi connectivity index (χ0) is 13.4. The van der Waals surface area contributed by atoms with Gasteiger partial charge in [0, 0.05) is 0 Å². The van der Waals surface area contributed by atoms with Crippen LogP contribution in [0, 0.1) is 20.8 Å². The number of benzene rings is 1. The van der Waals surface area contributed by atoms with Gasteiger partial charge in [-0.1, -0.05) is 17.7 Å². The van der Waals surface area contributed by atoms with Crippen LogP contribution in [0.3, 0.4) is 0 Å². The summed E-state index contributed by atoms with van der Waals surface area (Å²) < 4.78 is 1.68. The van der Waals surface area contributed by atoms with Crippen molar-refractivity contribution < 1.29 is 9.90 Å². The lowest BCUT2D eigenvalue weighted by atomic mass is 10.1. The monoisotopic (exact) mass is 264 g/mol. The third kappa shape index (κ3) is 1.99. The highest BCUT2D eigenvalue weighted by Gasteiger charge is 2.14. The Kier molecular flexibility index (Phi) is 3.13. The predicted octanol–water partition coefficient (Wildman–Crippen LogP) is 3.15. The van der Waals surface area contributed by atoms with Crippen LogP contribution in [0.25, 0.3) is 5.69 Å². The summed E-state index contributed by atoms with van der Waals surface area (Å²) in [6.45, 7) is 5.59. The summed E-state index contributed by atoms with van der Waals surface area (Å²) >= 11 is 6.10. The van der Waals surface area contributed by atoms with Gasteiger partial charge in [-0.05, 0) is 38.5 Å². The first-order valence-corrected chi connectivity index (χ1v) is 5.85. The average molecular weight is 265 g/mol. The minimum atomic E-state index is -0.955. The van der Waals surface area contributed by atoms with Gasteiger partial charge in [0.2, 0.25) is 0 Å². The number of rotatable bonds is 2. The molecular formula is C13H13ClN2O2. The largest absolute Gasteiger partial charge is 0.478 e. The second kappa shape index (κ2) is 4.46. The number of halogens is 1. The van der Waals surface area contributed by atoms with Crippen LogP contribution in [0.15, 0.2) is 18.2 Å². The van der Waals surface area contributed by atoms with Crippen LogP contribution in [0.5, 0.6) is 0 Å². The van der Waals surface area contributed by atoms with E-state index in [1.165, 1.54) is 0 Å². The van der Waals surface area contributed by atoms with Crippen molar-refractivity contribution in [2.24, 2.45) is 0 Å². The van der Waals surface area contributed by atoms with Gasteiger partial charge in [-0.15, -0.1) is 0 Å². The molecule has 0 saturated carbocycles. The van der Waals surface area contributed by atoms with Crippen LogP contribution in [0.4, 0.5) is 0 Å². The van der Waals surface area contributed by atoms with Gasteiger partial charge in [-0.2, -0.15) is 5.10 Å².